The van der Waals surface area contributed by atoms with E-state index in [9.17, 15) is 4.79 Å². The molecule has 0 amide bonds. The summed E-state index contributed by atoms with van der Waals surface area (Å²) in [4.78, 5) is 11.1. The monoisotopic (exact) mass is 255 g/mol. The number of nitrogens with two attached hydrogens (primary N) is 1. The minimum Gasteiger partial charge on any atom is -0.481 e. The van der Waals surface area contributed by atoms with Gasteiger partial charge in [-0.1, -0.05) is 30.2 Å². The molecule has 3 N–H and O–H groups in total. The number of hydrogen-bond acceptors (Lipinski definition) is 2. The Hall–Kier alpha value is -1.06. The van der Waals surface area contributed by atoms with Crippen LogP contribution in [0.5, 0.6) is 0 Å². The summed E-state index contributed by atoms with van der Waals surface area (Å²) in [5, 5.41) is 9.80. The molecule has 1 rings (SSSR count). The fraction of sp³-hybridized carbons (Fsp3) is 0.462. The number of rotatable bonds is 7. The summed E-state index contributed by atoms with van der Waals surface area (Å²) in [7, 11) is 0. The van der Waals surface area contributed by atoms with Crippen molar-refractivity contribution in [3.8, 4) is 0 Å². The Morgan fingerprint density at radius 2 is 1.94 bits per heavy atom. The van der Waals surface area contributed by atoms with Crippen LogP contribution in [-0.4, -0.2) is 17.6 Å². The van der Waals surface area contributed by atoms with E-state index < -0.39 is 5.97 Å². The zero-order valence-electron chi connectivity index (χ0n) is 9.73. The molecule has 17 heavy (non-hydrogen) atoms. The molecule has 0 aromatic heterocycles. The first kappa shape index (κ1) is 14.0. The molecule has 0 saturated carbocycles. The van der Waals surface area contributed by atoms with Gasteiger partial charge in [0.1, 0.15) is 0 Å². The third-order valence-electron chi connectivity index (χ3n) is 2.75. The first-order valence-electron chi connectivity index (χ1n) is 5.81. The fourth-order valence-corrected chi connectivity index (χ4v) is 1.88. The Balaban J connectivity index is 2.54. The summed E-state index contributed by atoms with van der Waals surface area (Å²) in [6.45, 7) is 0.618. The van der Waals surface area contributed by atoms with Gasteiger partial charge in [-0.25, -0.2) is 0 Å². The first-order valence-corrected chi connectivity index (χ1v) is 6.18. The van der Waals surface area contributed by atoms with Gasteiger partial charge < -0.3 is 10.8 Å². The highest BCUT2D eigenvalue weighted by Crippen LogP contribution is 2.17. The van der Waals surface area contributed by atoms with Gasteiger partial charge in [-0.15, -0.1) is 0 Å². The Kier molecular flexibility index (Phi) is 6.01. The van der Waals surface area contributed by atoms with Crippen LogP contribution in [0.15, 0.2) is 24.3 Å². The van der Waals surface area contributed by atoms with Crippen molar-refractivity contribution in [3.63, 3.8) is 0 Å². The lowest BCUT2D eigenvalue weighted by Gasteiger charge is -2.12. The average molecular weight is 256 g/mol. The van der Waals surface area contributed by atoms with Crippen molar-refractivity contribution in [2.75, 3.05) is 6.54 Å². The summed E-state index contributed by atoms with van der Waals surface area (Å²) >= 11 is 5.78. The third-order valence-corrected chi connectivity index (χ3v) is 3.00. The van der Waals surface area contributed by atoms with Crippen LogP contribution in [-0.2, 0) is 11.2 Å². The van der Waals surface area contributed by atoms with E-state index in [0.29, 0.717) is 24.4 Å². The van der Waals surface area contributed by atoms with Crippen LogP contribution >= 0.6 is 11.6 Å². The van der Waals surface area contributed by atoms with E-state index in [1.807, 2.05) is 12.1 Å². The van der Waals surface area contributed by atoms with Gasteiger partial charge in [-0.05, 0) is 43.5 Å². The molecule has 1 aromatic rings. The van der Waals surface area contributed by atoms with Crippen LogP contribution in [0, 0.1) is 5.92 Å². The van der Waals surface area contributed by atoms with Gasteiger partial charge in [0, 0.05) is 5.02 Å². The number of benzene rings is 1. The molecule has 0 aliphatic carbocycles. The summed E-state index contributed by atoms with van der Waals surface area (Å²) < 4.78 is 0. The molecule has 1 unspecified atom stereocenters. The number of carboxylic acid groups (broad SMARTS) is 1. The van der Waals surface area contributed by atoms with Gasteiger partial charge in [0.05, 0.1) is 5.92 Å². The molecule has 0 aliphatic rings. The predicted molar refractivity (Wildman–Crippen MR) is 69.2 cm³/mol. The van der Waals surface area contributed by atoms with E-state index in [0.717, 1.165) is 18.4 Å². The molecule has 4 heteroatoms. The molecule has 94 valence electrons. The van der Waals surface area contributed by atoms with Crippen molar-refractivity contribution >= 4 is 17.6 Å². The smallest absolute Gasteiger partial charge is 0.306 e. The molecule has 3 nitrogen and oxygen atoms in total. The Bertz CT molecular complexity index is 351. The minimum atomic E-state index is -0.739. The summed E-state index contributed by atoms with van der Waals surface area (Å²) in [5.41, 5.74) is 6.41. The van der Waals surface area contributed by atoms with Crippen molar-refractivity contribution in [1.82, 2.24) is 0 Å². The van der Waals surface area contributed by atoms with Crippen molar-refractivity contribution in [2.24, 2.45) is 11.7 Å². The molecule has 0 radical (unpaired) electrons. The highest BCUT2D eigenvalue weighted by atomic mass is 35.5. The highest BCUT2D eigenvalue weighted by molar-refractivity contribution is 6.30. The van der Waals surface area contributed by atoms with Crippen LogP contribution < -0.4 is 5.73 Å². The van der Waals surface area contributed by atoms with Gasteiger partial charge in [0.2, 0.25) is 0 Å². The minimum absolute atomic E-state index is 0.331. The fourth-order valence-electron chi connectivity index (χ4n) is 1.75. The van der Waals surface area contributed by atoms with Crippen LogP contribution in [0.2, 0.25) is 5.02 Å². The van der Waals surface area contributed by atoms with Gasteiger partial charge >= 0.3 is 5.97 Å². The predicted octanol–water partition coefficient (Wildman–Crippen LogP) is 2.71. The summed E-state index contributed by atoms with van der Waals surface area (Å²) in [6, 6.07) is 7.33. The van der Waals surface area contributed by atoms with Crippen LogP contribution in [0.25, 0.3) is 0 Å². The lowest BCUT2D eigenvalue weighted by atomic mass is 9.94. The molecular weight excluding hydrogens is 238 g/mol. The molecule has 0 aliphatic heterocycles. The normalized spacial score (nSPS) is 12.4. The van der Waals surface area contributed by atoms with Crippen LogP contribution in [0.1, 0.15) is 24.8 Å². The second-order valence-electron chi connectivity index (χ2n) is 4.15. The van der Waals surface area contributed by atoms with Crippen molar-refractivity contribution in [1.29, 1.82) is 0 Å². The van der Waals surface area contributed by atoms with Crippen molar-refractivity contribution < 1.29 is 9.90 Å². The zero-order chi connectivity index (χ0) is 12.7. The molecule has 1 atom stereocenters. The summed E-state index contributed by atoms with van der Waals surface area (Å²) in [6.07, 6.45) is 2.97. The quantitative estimate of drug-likeness (QED) is 0.737. The zero-order valence-corrected chi connectivity index (χ0v) is 10.5. The van der Waals surface area contributed by atoms with Gasteiger partial charge in [0.25, 0.3) is 0 Å². The topological polar surface area (TPSA) is 63.3 Å². The molecule has 0 heterocycles. The van der Waals surface area contributed by atoms with Gasteiger partial charge in [-0.3, -0.25) is 4.79 Å². The number of carboxylic acids is 1. The van der Waals surface area contributed by atoms with Gasteiger partial charge in [-0.2, -0.15) is 0 Å². The third kappa shape index (κ3) is 5.20. The molecule has 0 saturated heterocycles. The van der Waals surface area contributed by atoms with E-state index in [1.54, 1.807) is 12.1 Å². The Morgan fingerprint density at radius 1 is 1.29 bits per heavy atom. The lowest BCUT2D eigenvalue weighted by molar-refractivity contribution is -0.142. The number of aliphatic carboxylic acids is 1. The molecular formula is C13H18ClNO2. The first-order chi connectivity index (χ1) is 8.13. The Morgan fingerprint density at radius 3 is 2.47 bits per heavy atom. The number of carbonyl (C=O) groups is 1. The average Bonchev–Trinajstić information content (AvgIpc) is 2.30. The second kappa shape index (κ2) is 7.30. The van der Waals surface area contributed by atoms with Crippen LogP contribution in [0.4, 0.5) is 0 Å². The maximum Gasteiger partial charge on any atom is 0.306 e. The standard InChI is InChI=1S/C13H18ClNO2/c14-12-6-4-10(5-7-12)9-11(13(16)17)3-1-2-8-15/h4-7,11H,1-3,8-9,15H2,(H,16,17). The summed E-state index contributed by atoms with van der Waals surface area (Å²) in [5.74, 6) is -1.07. The molecule has 0 fully saturated rings. The Labute approximate surface area is 107 Å². The van der Waals surface area contributed by atoms with E-state index in [1.165, 1.54) is 0 Å². The van der Waals surface area contributed by atoms with E-state index >= 15 is 0 Å². The lowest BCUT2D eigenvalue weighted by Crippen LogP contribution is -2.17. The maximum absolute atomic E-state index is 11.1. The van der Waals surface area contributed by atoms with Crippen molar-refractivity contribution in [3.05, 3.63) is 34.9 Å². The molecule has 1 aromatic carbocycles. The molecule has 0 spiro atoms. The highest BCUT2D eigenvalue weighted by Gasteiger charge is 2.17. The SMILES string of the molecule is NCCCCC(Cc1ccc(Cl)cc1)C(=O)O. The van der Waals surface area contributed by atoms with Gasteiger partial charge in [0.15, 0.2) is 0 Å². The van der Waals surface area contributed by atoms with E-state index in [2.05, 4.69) is 0 Å². The number of hydrogen-bond donors (Lipinski definition) is 2. The number of halogens is 1. The number of unbranched alkanes of at least 4 members (excludes halogenated alkanes) is 1. The second-order valence-corrected chi connectivity index (χ2v) is 4.59. The molecule has 0 bridgehead atoms. The van der Waals surface area contributed by atoms with E-state index in [4.69, 9.17) is 22.4 Å². The maximum atomic E-state index is 11.1. The van der Waals surface area contributed by atoms with E-state index in [-0.39, 0.29) is 5.92 Å². The van der Waals surface area contributed by atoms with Crippen LogP contribution in [0.3, 0.4) is 0 Å². The van der Waals surface area contributed by atoms with Crippen molar-refractivity contribution in [2.45, 2.75) is 25.7 Å². The largest absolute Gasteiger partial charge is 0.481 e.